The van der Waals surface area contributed by atoms with Crippen LogP contribution in [0.25, 0.3) is 0 Å². The molecule has 0 aromatic heterocycles. The summed E-state index contributed by atoms with van der Waals surface area (Å²) in [6, 6.07) is 1.12. The van der Waals surface area contributed by atoms with Gasteiger partial charge in [-0.1, -0.05) is 6.42 Å². The molecule has 4 fully saturated rings. The fourth-order valence-electron chi connectivity index (χ4n) is 4.92. The molecule has 3 aliphatic heterocycles. The number of nitrogens with one attached hydrogen (secondary N) is 1. The molecule has 23 heavy (non-hydrogen) atoms. The number of likely N-dealkylation sites (tertiary alicyclic amines) is 1. The number of piperidine rings is 1. The summed E-state index contributed by atoms with van der Waals surface area (Å²) < 4.78 is 0. The highest BCUT2D eigenvalue weighted by Gasteiger charge is 2.41. The Morgan fingerprint density at radius 3 is 2.57 bits per heavy atom. The molecule has 0 unspecified atom stereocenters. The van der Waals surface area contributed by atoms with Crippen molar-refractivity contribution in [3.8, 4) is 0 Å². The van der Waals surface area contributed by atoms with Crippen LogP contribution in [0.2, 0.25) is 0 Å². The summed E-state index contributed by atoms with van der Waals surface area (Å²) >= 11 is 0. The quantitative estimate of drug-likeness (QED) is 0.800. The number of nitrogens with zero attached hydrogens (tertiary/aromatic N) is 3. The van der Waals surface area contributed by atoms with Crippen LogP contribution in [0, 0.1) is 5.41 Å². The van der Waals surface area contributed by atoms with Gasteiger partial charge in [-0.25, -0.2) is 4.79 Å². The molecule has 1 atom stereocenters. The lowest BCUT2D eigenvalue weighted by Crippen LogP contribution is -2.47. The van der Waals surface area contributed by atoms with E-state index in [-0.39, 0.29) is 0 Å². The van der Waals surface area contributed by atoms with Crippen molar-refractivity contribution < 1.29 is 4.79 Å². The van der Waals surface area contributed by atoms with E-state index in [9.17, 15) is 4.79 Å². The molecule has 5 nitrogen and oxygen atoms in total. The van der Waals surface area contributed by atoms with Gasteiger partial charge in [0.1, 0.15) is 0 Å². The van der Waals surface area contributed by atoms with Crippen molar-refractivity contribution in [2.75, 3.05) is 52.4 Å². The number of urea groups is 1. The Hall–Kier alpha value is -0.810. The van der Waals surface area contributed by atoms with Gasteiger partial charge in [0.15, 0.2) is 0 Å². The van der Waals surface area contributed by atoms with Gasteiger partial charge >= 0.3 is 6.03 Å². The highest BCUT2D eigenvalue weighted by Crippen LogP contribution is 2.36. The smallest absolute Gasteiger partial charge is 0.320 e. The maximum Gasteiger partial charge on any atom is 0.320 e. The number of rotatable bonds is 1. The molecule has 0 aromatic carbocycles. The summed E-state index contributed by atoms with van der Waals surface area (Å²) in [5.41, 5.74) is 0.373. The maximum absolute atomic E-state index is 13.0. The Bertz CT molecular complexity index is 431. The van der Waals surface area contributed by atoms with Gasteiger partial charge in [0.25, 0.3) is 0 Å². The fourth-order valence-corrected chi connectivity index (χ4v) is 4.92. The summed E-state index contributed by atoms with van der Waals surface area (Å²) in [5, 5.41) is 3.54. The zero-order chi connectivity index (χ0) is 15.7. The first-order chi connectivity index (χ1) is 11.3. The van der Waals surface area contributed by atoms with E-state index in [1.807, 2.05) is 0 Å². The summed E-state index contributed by atoms with van der Waals surface area (Å²) in [5.74, 6) is 0. The largest absolute Gasteiger partial charge is 0.324 e. The van der Waals surface area contributed by atoms with Gasteiger partial charge in [0.2, 0.25) is 0 Å². The Kier molecular flexibility index (Phi) is 4.50. The van der Waals surface area contributed by atoms with E-state index >= 15 is 0 Å². The van der Waals surface area contributed by atoms with E-state index in [0.29, 0.717) is 11.4 Å². The number of hydrogen-bond donors (Lipinski definition) is 1. The average molecular weight is 320 g/mol. The molecule has 1 spiro atoms. The van der Waals surface area contributed by atoms with Crippen molar-refractivity contribution in [3.63, 3.8) is 0 Å². The van der Waals surface area contributed by atoms with Gasteiger partial charge in [0.05, 0.1) is 0 Å². The molecule has 0 radical (unpaired) electrons. The summed E-state index contributed by atoms with van der Waals surface area (Å²) in [6.45, 7) is 8.33. The Morgan fingerprint density at radius 1 is 0.913 bits per heavy atom. The minimum Gasteiger partial charge on any atom is -0.324 e. The van der Waals surface area contributed by atoms with Crippen LogP contribution in [0.3, 0.4) is 0 Å². The Labute approximate surface area is 140 Å². The molecule has 3 heterocycles. The molecular weight excluding hydrogens is 288 g/mol. The van der Waals surface area contributed by atoms with E-state index in [1.165, 1.54) is 45.1 Å². The standard InChI is InChI=1S/C18H32N4O/c23-17(22-11-7-18(15-22)6-2-8-19-14-18)21-10-3-9-20(12-13-21)16-4-1-5-16/h16,19H,1-15H2/t18-/m1/s1. The van der Waals surface area contributed by atoms with Gasteiger partial charge in [-0.2, -0.15) is 0 Å². The minimum absolute atomic E-state index is 0.308. The van der Waals surface area contributed by atoms with Crippen LogP contribution in [-0.4, -0.2) is 79.1 Å². The molecule has 5 heteroatoms. The van der Waals surface area contributed by atoms with E-state index in [1.54, 1.807) is 0 Å². The summed E-state index contributed by atoms with van der Waals surface area (Å²) in [6.07, 6.45) is 9.02. The van der Waals surface area contributed by atoms with Crippen LogP contribution in [0.4, 0.5) is 4.79 Å². The van der Waals surface area contributed by atoms with Crippen molar-refractivity contribution in [1.82, 2.24) is 20.0 Å². The lowest BCUT2D eigenvalue weighted by molar-refractivity contribution is 0.127. The van der Waals surface area contributed by atoms with Crippen LogP contribution >= 0.6 is 0 Å². The highest BCUT2D eigenvalue weighted by atomic mass is 16.2. The van der Waals surface area contributed by atoms with Crippen molar-refractivity contribution in [2.24, 2.45) is 5.41 Å². The van der Waals surface area contributed by atoms with Crippen molar-refractivity contribution in [3.05, 3.63) is 0 Å². The van der Waals surface area contributed by atoms with Gasteiger partial charge in [0, 0.05) is 57.3 Å². The number of carbonyl (C=O) groups excluding carboxylic acids is 1. The van der Waals surface area contributed by atoms with Crippen LogP contribution in [-0.2, 0) is 0 Å². The first-order valence-electron chi connectivity index (χ1n) is 9.74. The summed E-state index contributed by atoms with van der Waals surface area (Å²) in [7, 11) is 0. The lowest BCUT2D eigenvalue weighted by atomic mass is 9.80. The highest BCUT2D eigenvalue weighted by molar-refractivity contribution is 5.75. The first-order valence-corrected chi connectivity index (χ1v) is 9.74. The second-order valence-corrected chi connectivity index (χ2v) is 8.20. The Balaban J connectivity index is 1.32. The van der Waals surface area contributed by atoms with Crippen LogP contribution < -0.4 is 5.32 Å². The summed E-state index contributed by atoms with van der Waals surface area (Å²) in [4.78, 5) is 19.9. The molecule has 130 valence electrons. The minimum atomic E-state index is 0.308. The monoisotopic (exact) mass is 320 g/mol. The van der Waals surface area contributed by atoms with Crippen LogP contribution in [0.1, 0.15) is 44.9 Å². The zero-order valence-electron chi connectivity index (χ0n) is 14.4. The van der Waals surface area contributed by atoms with Gasteiger partial charge in [-0.3, -0.25) is 4.90 Å². The molecular formula is C18H32N4O. The fraction of sp³-hybridized carbons (Fsp3) is 0.944. The average Bonchev–Trinajstić information content (AvgIpc) is 2.77. The SMILES string of the molecule is O=C(N1CCCN(C2CCC2)CC1)N1CC[C@@]2(CCCNC2)C1. The third-order valence-corrected chi connectivity index (χ3v) is 6.66. The van der Waals surface area contributed by atoms with E-state index in [0.717, 1.165) is 58.3 Å². The lowest BCUT2D eigenvalue weighted by Gasteiger charge is -2.37. The molecule has 4 rings (SSSR count). The third kappa shape index (κ3) is 3.22. The molecule has 3 saturated heterocycles. The van der Waals surface area contributed by atoms with E-state index in [4.69, 9.17) is 0 Å². The van der Waals surface area contributed by atoms with E-state index in [2.05, 4.69) is 20.0 Å². The Morgan fingerprint density at radius 2 is 1.83 bits per heavy atom. The molecule has 0 bridgehead atoms. The molecule has 1 saturated carbocycles. The number of amides is 2. The predicted octanol–water partition coefficient (Wildman–Crippen LogP) is 1.74. The molecule has 1 N–H and O–H groups in total. The van der Waals surface area contributed by atoms with E-state index < -0.39 is 0 Å². The van der Waals surface area contributed by atoms with Crippen LogP contribution in [0.5, 0.6) is 0 Å². The van der Waals surface area contributed by atoms with Gasteiger partial charge in [-0.05, 0) is 45.1 Å². The number of hydrogen-bond acceptors (Lipinski definition) is 3. The van der Waals surface area contributed by atoms with Gasteiger partial charge < -0.3 is 15.1 Å². The molecule has 2 amide bonds. The van der Waals surface area contributed by atoms with Crippen molar-refractivity contribution in [2.45, 2.75) is 51.0 Å². The molecule has 1 aliphatic carbocycles. The number of carbonyl (C=O) groups is 1. The van der Waals surface area contributed by atoms with Crippen LogP contribution in [0.15, 0.2) is 0 Å². The second-order valence-electron chi connectivity index (χ2n) is 8.20. The zero-order valence-corrected chi connectivity index (χ0v) is 14.4. The van der Waals surface area contributed by atoms with Gasteiger partial charge in [-0.15, -0.1) is 0 Å². The normalized spacial score (nSPS) is 33.7. The predicted molar refractivity (Wildman–Crippen MR) is 91.5 cm³/mol. The third-order valence-electron chi connectivity index (χ3n) is 6.66. The molecule has 0 aromatic rings. The van der Waals surface area contributed by atoms with Crippen molar-refractivity contribution >= 4 is 6.03 Å². The maximum atomic E-state index is 13.0. The first kappa shape index (κ1) is 15.7. The van der Waals surface area contributed by atoms with Crippen molar-refractivity contribution in [1.29, 1.82) is 0 Å². The molecule has 4 aliphatic rings. The second kappa shape index (κ2) is 6.60. The topological polar surface area (TPSA) is 38.8 Å².